The molecule has 116 valence electrons. The molecule has 1 saturated carbocycles. The van der Waals surface area contributed by atoms with Crippen molar-refractivity contribution in [2.24, 2.45) is 11.8 Å². The van der Waals surface area contributed by atoms with Gasteiger partial charge in [0.15, 0.2) is 0 Å². The van der Waals surface area contributed by atoms with Crippen molar-refractivity contribution >= 4 is 27.6 Å². The van der Waals surface area contributed by atoms with Gasteiger partial charge in [-0.2, -0.15) is 0 Å². The molecule has 3 unspecified atom stereocenters. The minimum Gasteiger partial charge on any atom is -0.464 e. The summed E-state index contributed by atoms with van der Waals surface area (Å²) in [5.74, 6) is 0.897. The molecule has 0 aromatic heterocycles. The van der Waals surface area contributed by atoms with Crippen molar-refractivity contribution in [1.29, 1.82) is 0 Å². The molecule has 0 amide bonds. The first kappa shape index (κ1) is 16.3. The number of halogens is 1. The van der Waals surface area contributed by atoms with E-state index in [0.717, 1.165) is 23.0 Å². The summed E-state index contributed by atoms with van der Waals surface area (Å²) < 4.78 is 6.26. The van der Waals surface area contributed by atoms with Gasteiger partial charge in [-0.1, -0.05) is 31.9 Å². The Morgan fingerprint density at radius 3 is 2.86 bits per heavy atom. The van der Waals surface area contributed by atoms with Crippen molar-refractivity contribution in [2.45, 2.75) is 45.6 Å². The van der Waals surface area contributed by atoms with Gasteiger partial charge in [-0.15, -0.1) is 0 Å². The average molecular weight is 354 g/mol. The van der Waals surface area contributed by atoms with Gasteiger partial charge >= 0.3 is 5.97 Å². The fourth-order valence-corrected chi connectivity index (χ4v) is 3.53. The van der Waals surface area contributed by atoms with Gasteiger partial charge in [0, 0.05) is 10.2 Å². The van der Waals surface area contributed by atoms with Crippen LogP contribution in [-0.2, 0) is 9.53 Å². The molecule has 0 aliphatic heterocycles. The number of para-hydroxylation sites is 1. The molecule has 1 fully saturated rings. The Morgan fingerprint density at radius 1 is 1.43 bits per heavy atom. The molecule has 1 aromatic carbocycles. The summed E-state index contributed by atoms with van der Waals surface area (Å²) >= 11 is 3.53. The third-order valence-electron chi connectivity index (χ3n) is 4.17. The first-order chi connectivity index (χ1) is 10.1. The standard InChI is InChI=1S/C17H24BrNO2/c1-3-21-17(20)16(13-8-6-7-12(2)11-13)19-15-10-5-4-9-14(15)18/h4-5,9-10,12-13,16,19H,3,6-8,11H2,1-2H3. The molecule has 0 bridgehead atoms. The van der Waals surface area contributed by atoms with Crippen molar-refractivity contribution in [2.75, 3.05) is 11.9 Å². The highest BCUT2D eigenvalue weighted by Gasteiger charge is 2.32. The van der Waals surface area contributed by atoms with Gasteiger partial charge in [-0.05, 0) is 59.7 Å². The number of carbonyl (C=O) groups excluding carboxylic acids is 1. The van der Waals surface area contributed by atoms with Gasteiger partial charge in [0.2, 0.25) is 0 Å². The van der Waals surface area contributed by atoms with E-state index in [4.69, 9.17) is 4.74 Å². The summed E-state index contributed by atoms with van der Waals surface area (Å²) in [5, 5.41) is 3.40. The number of rotatable bonds is 5. The molecule has 1 aliphatic carbocycles. The molecule has 0 heterocycles. The molecule has 21 heavy (non-hydrogen) atoms. The fourth-order valence-electron chi connectivity index (χ4n) is 3.13. The number of hydrogen-bond donors (Lipinski definition) is 1. The Labute approximate surface area is 135 Å². The van der Waals surface area contributed by atoms with Crippen LogP contribution in [0.15, 0.2) is 28.7 Å². The van der Waals surface area contributed by atoms with Gasteiger partial charge in [-0.3, -0.25) is 0 Å². The molecule has 1 aromatic rings. The topological polar surface area (TPSA) is 38.3 Å². The number of esters is 1. The predicted molar refractivity (Wildman–Crippen MR) is 89.3 cm³/mol. The van der Waals surface area contributed by atoms with Gasteiger partial charge < -0.3 is 10.1 Å². The highest BCUT2D eigenvalue weighted by Crippen LogP contribution is 2.33. The van der Waals surface area contributed by atoms with E-state index in [1.165, 1.54) is 12.8 Å². The van der Waals surface area contributed by atoms with E-state index in [2.05, 4.69) is 28.2 Å². The highest BCUT2D eigenvalue weighted by molar-refractivity contribution is 9.10. The van der Waals surface area contributed by atoms with Gasteiger partial charge in [0.1, 0.15) is 6.04 Å². The van der Waals surface area contributed by atoms with Crippen LogP contribution in [0, 0.1) is 11.8 Å². The molecule has 4 heteroatoms. The Kier molecular flexibility index (Phi) is 6.09. The largest absolute Gasteiger partial charge is 0.464 e. The second-order valence-electron chi connectivity index (χ2n) is 5.89. The summed E-state index contributed by atoms with van der Waals surface area (Å²) in [5.41, 5.74) is 0.953. The quantitative estimate of drug-likeness (QED) is 0.784. The van der Waals surface area contributed by atoms with E-state index < -0.39 is 0 Å². The maximum absolute atomic E-state index is 12.4. The Morgan fingerprint density at radius 2 is 2.19 bits per heavy atom. The molecule has 1 N–H and O–H groups in total. The lowest BCUT2D eigenvalue weighted by Crippen LogP contribution is -2.40. The zero-order chi connectivity index (χ0) is 15.2. The maximum Gasteiger partial charge on any atom is 0.328 e. The summed E-state index contributed by atoms with van der Waals surface area (Å²) in [4.78, 5) is 12.4. The van der Waals surface area contributed by atoms with Crippen LogP contribution < -0.4 is 5.32 Å². The van der Waals surface area contributed by atoms with Crippen molar-refractivity contribution in [3.05, 3.63) is 28.7 Å². The summed E-state index contributed by atoms with van der Waals surface area (Å²) in [6.45, 7) is 4.55. The van der Waals surface area contributed by atoms with E-state index in [1.807, 2.05) is 31.2 Å². The van der Waals surface area contributed by atoms with Crippen LogP contribution in [0.4, 0.5) is 5.69 Å². The van der Waals surface area contributed by atoms with Crippen LogP contribution in [0.1, 0.15) is 39.5 Å². The Hall–Kier alpha value is -1.03. The maximum atomic E-state index is 12.4. The first-order valence-electron chi connectivity index (χ1n) is 7.79. The lowest BCUT2D eigenvalue weighted by molar-refractivity contribution is -0.145. The monoisotopic (exact) mass is 353 g/mol. The Bertz CT molecular complexity index is 478. The third-order valence-corrected chi connectivity index (χ3v) is 4.87. The fraction of sp³-hybridized carbons (Fsp3) is 0.588. The average Bonchev–Trinajstić information content (AvgIpc) is 2.46. The van der Waals surface area contributed by atoms with Crippen LogP contribution in [-0.4, -0.2) is 18.6 Å². The van der Waals surface area contributed by atoms with E-state index in [9.17, 15) is 4.79 Å². The molecule has 0 radical (unpaired) electrons. The second-order valence-corrected chi connectivity index (χ2v) is 6.74. The van der Waals surface area contributed by atoms with E-state index in [0.29, 0.717) is 18.4 Å². The smallest absolute Gasteiger partial charge is 0.328 e. The number of ether oxygens (including phenoxy) is 1. The zero-order valence-electron chi connectivity index (χ0n) is 12.8. The van der Waals surface area contributed by atoms with Crippen molar-refractivity contribution < 1.29 is 9.53 Å². The lowest BCUT2D eigenvalue weighted by Gasteiger charge is -2.33. The molecule has 1 aliphatic rings. The first-order valence-corrected chi connectivity index (χ1v) is 8.58. The molecular weight excluding hydrogens is 330 g/mol. The molecule has 3 atom stereocenters. The van der Waals surface area contributed by atoms with Gasteiger partial charge in [-0.25, -0.2) is 4.79 Å². The molecular formula is C17H24BrNO2. The zero-order valence-corrected chi connectivity index (χ0v) is 14.4. The second kappa shape index (κ2) is 7.83. The highest BCUT2D eigenvalue weighted by atomic mass is 79.9. The number of carbonyl (C=O) groups is 1. The number of hydrogen-bond acceptors (Lipinski definition) is 3. The summed E-state index contributed by atoms with van der Waals surface area (Å²) in [7, 11) is 0. The van der Waals surface area contributed by atoms with Crippen molar-refractivity contribution in [1.82, 2.24) is 0 Å². The summed E-state index contributed by atoms with van der Waals surface area (Å²) in [6.07, 6.45) is 4.63. The summed E-state index contributed by atoms with van der Waals surface area (Å²) in [6, 6.07) is 7.65. The van der Waals surface area contributed by atoms with Crippen LogP contribution >= 0.6 is 15.9 Å². The number of nitrogens with one attached hydrogen (secondary N) is 1. The van der Waals surface area contributed by atoms with E-state index in [1.54, 1.807) is 0 Å². The molecule has 0 saturated heterocycles. The Balaban J connectivity index is 2.15. The SMILES string of the molecule is CCOC(=O)C(Nc1ccccc1Br)C1CCCC(C)C1. The number of benzene rings is 1. The minimum absolute atomic E-state index is 0.132. The van der Waals surface area contributed by atoms with Crippen LogP contribution in [0.2, 0.25) is 0 Å². The molecule has 2 rings (SSSR count). The van der Waals surface area contributed by atoms with E-state index >= 15 is 0 Å². The predicted octanol–water partition coefficient (Wildman–Crippen LogP) is 4.62. The number of anilines is 1. The van der Waals surface area contributed by atoms with Crippen molar-refractivity contribution in [3.63, 3.8) is 0 Å². The van der Waals surface area contributed by atoms with Crippen LogP contribution in [0.25, 0.3) is 0 Å². The molecule has 0 spiro atoms. The normalized spacial score (nSPS) is 23.4. The van der Waals surface area contributed by atoms with Crippen molar-refractivity contribution in [3.8, 4) is 0 Å². The van der Waals surface area contributed by atoms with Crippen LogP contribution in [0.5, 0.6) is 0 Å². The lowest BCUT2D eigenvalue weighted by atomic mass is 9.78. The van der Waals surface area contributed by atoms with E-state index in [-0.39, 0.29) is 12.0 Å². The van der Waals surface area contributed by atoms with Crippen LogP contribution in [0.3, 0.4) is 0 Å². The third kappa shape index (κ3) is 4.47. The van der Waals surface area contributed by atoms with Gasteiger partial charge in [0.05, 0.1) is 6.61 Å². The van der Waals surface area contributed by atoms with Gasteiger partial charge in [0.25, 0.3) is 0 Å². The minimum atomic E-state index is -0.258. The molecule has 3 nitrogen and oxygen atoms in total.